The molecule has 0 unspecified atom stereocenters. The number of alkyl halides is 1. The van der Waals surface area contributed by atoms with Crippen LogP contribution >= 0.6 is 23.9 Å². The lowest BCUT2D eigenvalue weighted by Gasteiger charge is -2.16. The van der Waals surface area contributed by atoms with Gasteiger partial charge in [-0.15, -0.1) is 7.92 Å². The summed E-state index contributed by atoms with van der Waals surface area (Å²) in [5.74, 6) is 0. The fourth-order valence-corrected chi connectivity index (χ4v) is 7.48. The van der Waals surface area contributed by atoms with Crippen LogP contribution in [0.1, 0.15) is 169 Å². The molecule has 0 nitrogen and oxygen atoms in total. The lowest BCUT2D eigenvalue weighted by Crippen LogP contribution is -1.95. The lowest BCUT2D eigenvalue weighted by molar-refractivity contribution is 0.532. The Hall–Kier alpha value is 0.910. The van der Waals surface area contributed by atoms with Gasteiger partial charge in [0.05, 0.1) is 0 Å². The third-order valence-corrected chi connectivity index (χ3v) is 9.88. The van der Waals surface area contributed by atoms with Gasteiger partial charge in [-0.25, -0.2) is 0 Å². The van der Waals surface area contributed by atoms with E-state index in [2.05, 4.69) is 43.6 Å². The van der Waals surface area contributed by atoms with Crippen LogP contribution in [0.25, 0.3) is 0 Å². The molecule has 0 bridgehead atoms. The minimum absolute atomic E-state index is 0.422. The van der Waals surface area contributed by atoms with Gasteiger partial charge < -0.3 is 0 Å². The van der Waals surface area contributed by atoms with Crippen molar-refractivity contribution in [3.8, 4) is 0 Å². The topological polar surface area (TPSA) is 0 Å². The molecule has 0 amide bonds. The summed E-state index contributed by atoms with van der Waals surface area (Å²) in [6.45, 7) is 9.23. The second kappa shape index (κ2) is 34.1. The van der Waals surface area contributed by atoms with Gasteiger partial charge in [0, 0.05) is 5.33 Å². The van der Waals surface area contributed by atoms with Crippen LogP contribution in [0.4, 0.5) is 0 Å². The molecule has 0 heterocycles. The van der Waals surface area contributed by atoms with Crippen molar-refractivity contribution in [3.63, 3.8) is 0 Å². The summed E-state index contributed by atoms with van der Waals surface area (Å²) in [7, 11) is 0.422. The monoisotopic (exact) mass is 534 g/mol. The Morgan fingerprint density at radius 2 is 0.594 bits per heavy atom. The summed E-state index contributed by atoms with van der Waals surface area (Å²) >= 11 is 3.49. The summed E-state index contributed by atoms with van der Waals surface area (Å²) in [5, 5.41) is 1.19. The molecule has 0 radical (unpaired) electrons. The molecule has 196 valence electrons. The van der Waals surface area contributed by atoms with Gasteiger partial charge in [-0.05, 0) is 44.2 Å². The van der Waals surface area contributed by atoms with Crippen molar-refractivity contribution >= 4 is 23.9 Å². The molecule has 0 spiro atoms. The average molecular weight is 536 g/mol. The Kier molecular flexibility index (Phi) is 37.4. The van der Waals surface area contributed by atoms with Crippen LogP contribution in [0.2, 0.25) is 0 Å². The minimum Gasteiger partial charge on any atom is -0.107 e. The summed E-state index contributed by atoms with van der Waals surface area (Å²) in [6.07, 6.45) is 36.5. The maximum Gasteiger partial charge on any atom is 0.00313 e. The smallest absolute Gasteiger partial charge is 0.00313 e. The van der Waals surface area contributed by atoms with Crippen LogP contribution in [0.5, 0.6) is 0 Å². The number of hydrogen-bond acceptors (Lipinski definition) is 0. The van der Waals surface area contributed by atoms with Crippen LogP contribution in [-0.4, -0.2) is 23.8 Å². The molecule has 0 aromatic carbocycles. The largest absolute Gasteiger partial charge is 0.107 e. The SMILES string of the molecule is CCCCCCCCCCCCCCCCCCBr.CCCCP(CCCC)CCCC. The quantitative estimate of drug-likeness (QED) is 0.0619. The number of hydrogen-bond donors (Lipinski definition) is 0. The molecule has 0 fully saturated rings. The highest BCUT2D eigenvalue weighted by molar-refractivity contribution is 9.09. The van der Waals surface area contributed by atoms with Gasteiger partial charge in [0.15, 0.2) is 0 Å². The molecule has 32 heavy (non-hydrogen) atoms. The van der Waals surface area contributed by atoms with Crippen LogP contribution in [-0.2, 0) is 0 Å². The van der Waals surface area contributed by atoms with Gasteiger partial charge in [0.2, 0.25) is 0 Å². The molecule has 0 rings (SSSR count). The van der Waals surface area contributed by atoms with E-state index < -0.39 is 0 Å². The molecular formula is C30H64BrP. The molecular weight excluding hydrogens is 471 g/mol. The third kappa shape index (κ3) is 33.1. The first-order chi connectivity index (χ1) is 15.8. The first kappa shape index (κ1) is 35.1. The fourth-order valence-electron chi connectivity index (χ4n) is 4.12. The van der Waals surface area contributed by atoms with Gasteiger partial charge in [-0.2, -0.15) is 0 Å². The highest BCUT2D eigenvalue weighted by Crippen LogP contribution is 2.38. The van der Waals surface area contributed by atoms with E-state index in [4.69, 9.17) is 0 Å². The van der Waals surface area contributed by atoms with Crippen molar-refractivity contribution in [1.82, 2.24) is 0 Å². The molecule has 0 aromatic heterocycles. The number of rotatable bonds is 25. The van der Waals surface area contributed by atoms with Crippen molar-refractivity contribution in [2.45, 2.75) is 169 Å². The zero-order chi connectivity index (χ0) is 24.0. The van der Waals surface area contributed by atoms with E-state index in [1.54, 1.807) is 18.5 Å². The van der Waals surface area contributed by atoms with Crippen molar-refractivity contribution in [2.75, 3.05) is 23.8 Å². The molecule has 2 heteroatoms. The zero-order valence-electron chi connectivity index (χ0n) is 23.2. The predicted octanol–water partition coefficient (Wildman–Crippen LogP) is 12.5. The van der Waals surface area contributed by atoms with Gasteiger partial charge in [-0.3, -0.25) is 0 Å². The first-order valence-electron chi connectivity index (χ1n) is 15.0. The van der Waals surface area contributed by atoms with E-state index in [0.29, 0.717) is 7.92 Å². The van der Waals surface area contributed by atoms with E-state index >= 15 is 0 Å². The summed E-state index contributed by atoms with van der Waals surface area (Å²) in [5.41, 5.74) is 0. The molecule has 0 aliphatic rings. The Morgan fingerprint density at radius 1 is 0.344 bits per heavy atom. The number of unbranched alkanes of at least 4 members (excludes halogenated alkanes) is 18. The van der Waals surface area contributed by atoms with Crippen LogP contribution in [0, 0.1) is 0 Å². The fraction of sp³-hybridized carbons (Fsp3) is 1.00. The van der Waals surface area contributed by atoms with Crippen molar-refractivity contribution in [1.29, 1.82) is 0 Å². The predicted molar refractivity (Wildman–Crippen MR) is 160 cm³/mol. The van der Waals surface area contributed by atoms with Crippen molar-refractivity contribution in [2.24, 2.45) is 0 Å². The van der Waals surface area contributed by atoms with E-state index in [9.17, 15) is 0 Å². The molecule has 0 aromatic rings. The Morgan fingerprint density at radius 3 is 0.844 bits per heavy atom. The second-order valence-electron chi connectivity index (χ2n) is 9.89. The Labute approximate surface area is 216 Å². The average Bonchev–Trinajstić information content (AvgIpc) is 2.81. The van der Waals surface area contributed by atoms with E-state index in [1.165, 1.54) is 147 Å². The van der Waals surface area contributed by atoms with Gasteiger partial charge in [0.25, 0.3) is 0 Å². The molecule has 0 aliphatic carbocycles. The Bertz CT molecular complexity index is 260. The van der Waals surface area contributed by atoms with Crippen LogP contribution < -0.4 is 0 Å². The van der Waals surface area contributed by atoms with E-state index in [0.717, 1.165) is 0 Å². The van der Waals surface area contributed by atoms with Crippen LogP contribution in [0.3, 0.4) is 0 Å². The van der Waals surface area contributed by atoms with Gasteiger partial charge in [0.1, 0.15) is 0 Å². The zero-order valence-corrected chi connectivity index (χ0v) is 25.7. The normalized spacial score (nSPS) is 11.1. The summed E-state index contributed by atoms with van der Waals surface area (Å²) < 4.78 is 0. The second-order valence-corrected chi connectivity index (χ2v) is 13.4. The molecule has 0 aliphatic heterocycles. The van der Waals surface area contributed by atoms with Crippen LogP contribution in [0.15, 0.2) is 0 Å². The lowest BCUT2D eigenvalue weighted by atomic mass is 10.0. The Balaban J connectivity index is 0. The molecule has 0 N–H and O–H groups in total. The van der Waals surface area contributed by atoms with Gasteiger partial charge in [-0.1, -0.05) is 159 Å². The molecule has 0 saturated heterocycles. The highest BCUT2D eigenvalue weighted by Gasteiger charge is 2.05. The van der Waals surface area contributed by atoms with Gasteiger partial charge >= 0.3 is 0 Å². The number of halogens is 1. The highest BCUT2D eigenvalue weighted by atomic mass is 79.9. The third-order valence-electron chi connectivity index (χ3n) is 6.47. The minimum atomic E-state index is 0.422. The standard InChI is InChI=1S/C18H37Br.C12H27P/c1-2-3-4-5-6-7-8-9-10-11-12-13-14-15-16-17-18-19;1-4-7-10-13(11-8-5-2)12-9-6-3/h2-18H2,1H3;4-12H2,1-3H3. The van der Waals surface area contributed by atoms with E-state index in [-0.39, 0.29) is 0 Å². The van der Waals surface area contributed by atoms with Crippen molar-refractivity contribution < 1.29 is 0 Å². The van der Waals surface area contributed by atoms with E-state index in [1.807, 2.05) is 0 Å². The summed E-state index contributed by atoms with van der Waals surface area (Å²) in [6, 6.07) is 0. The summed E-state index contributed by atoms with van der Waals surface area (Å²) in [4.78, 5) is 0. The first-order valence-corrected chi connectivity index (χ1v) is 18.1. The maximum atomic E-state index is 3.49. The molecule has 0 atom stereocenters. The maximum absolute atomic E-state index is 3.49. The van der Waals surface area contributed by atoms with Crippen molar-refractivity contribution in [3.05, 3.63) is 0 Å². The molecule has 0 saturated carbocycles.